The van der Waals surface area contributed by atoms with Crippen LogP contribution in [0.5, 0.6) is 11.5 Å². The van der Waals surface area contributed by atoms with E-state index in [1.54, 1.807) is 12.1 Å². The Morgan fingerprint density at radius 2 is 2.04 bits per heavy atom. The number of amides is 1. The molecule has 0 aliphatic carbocycles. The first-order valence-corrected chi connectivity index (χ1v) is 8.67. The summed E-state index contributed by atoms with van der Waals surface area (Å²) < 4.78 is 16.2. The molecule has 1 aliphatic rings. The van der Waals surface area contributed by atoms with Gasteiger partial charge in [-0.25, -0.2) is 0 Å². The second kappa shape index (κ2) is 7.12. The highest BCUT2D eigenvalue weighted by molar-refractivity contribution is 7.99. The van der Waals surface area contributed by atoms with Crippen LogP contribution in [0, 0.1) is 5.92 Å². The van der Waals surface area contributed by atoms with Gasteiger partial charge in [0.1, 0.15) is 0 Å². The Morgan fingerprint density at radius 3 is 2.83 bits per heavy atom. The molecular formula is C16H19N3O4S. The van der Waals surface area contributed by atoms with Gasteiger partial charge in [-0.2, -0.15) is 0 Å². The minimum atomic E-state index is -0.0518. The summed E-state index contributed by atoms with van der Waals surface area (Å²) in [5.41, 5.74) is 0.747. The Hall–Kier alpha value is -2.22. The van der Waals surface area contributed by atoms with Crippen molar-refractivity contribution in [3.63, 3.8) is 0 Å². The number of benzene rings is 1. The Bertz CT molecular complexity index is 732. The summed E-state index contributed by atoms with van der Waals surface area (Å²) in [4.78, 5) is 11.9. The summed E-state index contributed by atoms with van der Waals surface area (Å²) >= 11 is 1.21. The van der Waals surface area contributed by atoms with Crippen molar-refractivity contribution in [3.05, 3.63) is 18.2 Å². The lowest BCUT2D eigenvalue weighted by Gasteiger charge is -2.16. The number of hydrogen-bond acceptors (Lipinski definition) is 7. The van der Waals surface area contributed by atoms with E-state index in [-0.39, 0.29) is 24.5 Å². The lowest BCUT2D eigenvalue weighted by Crippen LogP contribution is -2.37. The molecule has 1 atom stereocenters. The van der Waals surface area contributed by atoms with Crippen molar-refractivity contribution in [1.29, 1.82) is 0 Å². The largest absolute Gasteiger partial charge is 0.454 e. The van der Waals surface area contributed by atoms with Gasteiger partial charge in [0.2, 0.25) is 18.6 Å². The molecule has 24 heavy (non-hydrogen) atoms. The van der Waals surface area contributed by atoms with E-state index in [1.807, 2.05) is 13.0 Å². The second-order valence-corrected chi connectivity index (χ2v) is 6.76. The summed E-state index contributed by atoms with van der Waals surface area (Å²) in [6, 6.07) is 5.55. The van der Waals surface area contributed by atoms with Crippen LogP contribution in [0.25, 0.3) is 11.5 Å². The highest BCUT2D eigenvalue weighted by Crippen LogP contribution is 2.35. The first-order valence-electron chi connectivity index (χ1n) is 7.68. The normalized spacial score (nSPS) is 14.0. The van der Waals surface area contributed by atoms with Crippen LogP contribution in [0.15, 0.2) is 27.8 Å². The lowest BCUT2D eigenvalue weighted by atomic mass is 10.1. The average Bonchev–Trinajstić information content (AvgIpc) is 3.21. The summed E-state index contributed by atoms with van der Waals surface area (Å²) in [5, 5.41) is 11.3. The minimum Gasteiger partial charge on any atom is -0.454 e. The third kappa shape index (κ3) is 3.81. The van der Waals surface area contributed by atoms with Gasteiger partial charge in [-0.1, -0.05) is 25.6 Å². The highest BCUT2D eigenvalue weighted by atomic mass is 32.2. The molecule has 1 aromatic carbocycles. The number of nitrogens with one attached hydrogen (secondary N) is 1. The molecule has 2 heterocycles. The molecule has 0 saturated heterocycles. The van der Waals surface area contributed by atoms with Gasteiger partial charge in [-0.05, 0) is 31.0 Å². The fourth-order valence-electron chi connectivity index (χ4n) is 2.00. The van der Waals surface area contributed by atoms with Crippen molar-refractivity contribution in [2.75, 3.05) is 12.5 Å². The molecule has 0 spiro atoms. The number of carbonyl (C=O) groups is 1. The molecule has 1 amide bonds. The standard InChI is InChI=1S/C16H19N3O4S/c1-9(2)10(3)17-14(20)7-24-16-19-18-15(23-16)11-4-5-12-13(6-11)22-8-21-12/h4-6,9-10H,7-8H2,1-3H3,(H,17,20). The van der Waals surface area contributed by atoms with Gasteiger partial charge in [0.05, 0.1) is 5.75 Å². The molecular weight excluding hydrogens is 330 g/mol. The number of ether oxygens (including phenoxy) is 2. The Balaban J connectivity index is 1.59. The number of rotatable bonds is 6. The van der Waals surface area contributed by atoms with Crippen LogP contribution in [0.3, 0.4) is 0 Å². The fraction of sp³-hybridized carbons (Fsp3) is 0.438. The van der Waals surface area contributed by atoms with E-state index < -0.39 is 0 Å². The van der Waals surface area contributed by atoms with Gasteiger partial charge in [-0.3, -0.25) is 4.79 Å². The maximum atomic E-state index is 11.9. The van der Waals surface area contributed by atoms with Gasteiger partial charge >= 0.3 is 0 Å². The first-order chi connectivity index (χ1) is 11.5. The molecule has 1 unspecified atom stereocenters. The Morgan fingerprint density at radius 1 is 1.25 bits per heavy atom. The van der Waals surface area contributed by atoms with E-state index in [0.29, 0.717) is 28.5 Å². The van der Waals surface area contributed by atoms with Crippen LogP contribution < -0.4 is 14.8 Å². The maximum Gasteiger partial charge on any atom is 0.277 e. The molecule has 1 aliphatic heterocycles. The first kappa shape index (κ1) is 16.6. The van der Waals surface area contributed by atoms with Crippen LogP contribution in [0.2, 0.25) is 0 Å². The van der Waals surface area contributed by atoms with E-state index in [9.17, 15) is 4.79 Å². The summed E-state index contributed by atoms with van der Waals surface area (Å²) in [6.07, 6.45) is 0. The predicted molar refractivity (Wildman–Crippen MR) is 89.0 cm³/mol. The number of hydrogen-bond donors (Lipinski definition) is 1. The molecule has 128 valence electrons. The van der Waals surface area contributed by atoms with Crippen LogP contribution in [-0.4, -0.2) is 34.7 Å². The molecule has 2 aromatic rings. The number of aromatic nitrogens is 2. The zero-order valence-electron chi connectivity index (χ0n) is 13.7. The molecule has 0 radical (unpaired) electrons. The van der Waals surface area contributed by atoms with E-state index in [1.165, 1.54) is 11.8 Å². The summed E-state index contributed by atoms with van der Waals surface area (Å²) in [7, 11) is 0. The van der Waals surface area contributed by atoms with Gasteiger partial charge in [0.15, 0.2) is 11.5 Å². The third-order valence-corrected chi connectivity index (χ3v) is 4.56. The number of carbonyl (C=O) groups excluding carboxylic acids is 1. The smallest absolute Gasteiger partial charge is 0.277 e. The third-order valence-electron chi connectivity index (χ3n) is 3.74. The fourth-order valence-corrected chi connectivity index (χ4v) is 2.58. The van der Waals surface area contributed by atoms with Crippen molar-refractivity contribution in [1.82, 2.24) is 15.5 Å². The lowest BCUT2D eigenvalue weighted by molar-refractivity contribution is -0.119. The number of fused-ring (bicyclic) bond motifs is 1. The van der Waals surface area contributed by atoms with Crippen LogP contribution in [0.1, 0.15) is 20.8 Å². The van der Waals surface area contributed by atoms with Gasteiger partial charge in [0, 0.05) is 11.6 Å². The molecule has 1 N–H and O–H groups in total. The molecule has 0 fully saturated rings. The molecule has 1 aromatic heterocycles. The van der Waals surface area contributed by atoms with Crippen molar-refractivity contribution < 1.29 is 18.7 Å². The molecule has 0 bridgehead atoms. The van der Waals surface area contributed by atoms with E-state index in [4.69, 9.17) is 13.9 Å². The zero-order valence-corrected chi connectivity index (χ0v) is 14.6. The molecule has 0 saturated carbocycles. The van der Waals surface area contributed by atoms with Crippen molar-refractivity contribution in [2.24, 2.45) is 5.92 Å². The summed E-state index contributed by atoms with van der Waals surface area (Å²) in [6.45, 7) is 6.33. The monoisotopic (exact) mass is 349 g/mol. The van der Waals surface area contributed by atoms with E-state index in [0.717, 1.165) is 5.56 Å². The minimum absolute atomic E-state index is 0.0518. The Kier molecular flexibility index (Phi) is 4.94. The van der Waals surface area contributed by atoms with Gasteiger partial charge < -0.3 is 19.2 Å². The van der Waals surface area contributed by atoms with Gasteiger partial charge in [0.25, 0.3) is 5.22 Å². The van der Waals surface area contributed by atoms with E-state index >= 15 is 0 Å². The SMILES string of the molecule is CC(C)C(C)NC(=O)CSc1nnc(-c2ccc3c(c2)OCO3)o1. The van der Waals surface area contributed by atoms with Crippen molar-refractivity contribution >= 4 is 17.7 Å². The molecule has 7 nitrogen and oxygen atoms in total. The average molecular weight is 349 g/mol. The summed E-state index contributed by atoms with van der Waals surface area (Å²) in [5.74, 6) is 2.31. The maximum absolute atomic E-state index is 11.9. The number of nitrogens with zero attached hydrogens (tertiary/aromatic N) is 2. The zero-order chi connectivity index (χ0) is 17.1. The van der Waals surface area contributed by atoms with Crippen LogP contribution in [0.4, 0.5) is 0 Å². The highest BCUT2D eigenvalue weighted by Gasteiger charge is 2.17. The predicted octanol–water partition coefficient (Wildman–Crippen LogP) is 2.72. The quantitative estimate of drug-likeness (QED) is 0.802. The number of thioether (sulfide) groups is 1. The van der Waals surface area contributed by atoms with Crippen LogP contribution in [-0.2, 0) is 4.79 Å². The second-order valence-electron chi connectivity index (χ2n) is 5.83. The molecule has 8 heteroatoms. The van der Waals surface area contributed by atoms with Gasteiger partial charge in [-0.15, -0.1) is 10.2 Å². The van der Waals surface area contributed by atoms with E-state index in [2.05, 4.69) is 29.4 Å². The Labute approximate surface area is 144 Å². The topological polar surface area (TPSA) is 86.5 Å². The van der Waals surface area contributed by atoms with Crippen molar-refractivity contribution in [3.8, 4) is 23.0 Å². The van der Waals surface area contributed by atoms with Crippen LogP contribution >= 0.6 is 11.8 Å². The molecule has 3 rings (SSSR count). The van der Waals surface area contributed by atoms with Crippen molar-refractivity contribution in [2.45, 2.75) is 32.0 Å².